The van der Waals surface area contributed by atoms with E-state index in [4.69, 9.17) is 4.74 Å². The molecule has 28 heavy (non-hydrogen) atoms. The molecular weight excluding hydrogens is 378 g/mol. The summed E-state index contributed by atoms with van der Waals surface area (Å²) in [6.07, 6.45) is 7.15. The summed E-state index contributed by atoms with van der Waals surface area (Å²) in [7, 11) is 0. The van der Waals surface area contributed by atoms with E-state index < -0.39 is 0 Å². The largest absolute Gasteiger partial charge is 0.466 e. The van der Waals surface area contributed by atoms with Crippen LogP contribution in [0.5, 0.6) is 0 Å². The zero-order valence-corrected chi connectivity index (χ0v) is 16.9. The molecule has 7 nitrogen and oxygen atoms in total. The minimum Gasteiger partial charge on any atom is -0.466 e. The quantitative estimate of drug-likeness (QED) is 0.731. The van der Waals surface area contributed by atoms with Gasteiger partial charge < -0.3 is 9.64 Å². The van der Waals surface area contributed by atoms with Gasteiger partial charge in [-0.2, -0.15) is 0 Å². The molecule has 0 aromatic carbocycles. The lowest BCUT2D eigenvalue weighted by Crippen LogP contribution is -2.45. The number of hydrogen-bond acceptors (Lipinski definition) is 6. The second-order valence-corrected chi connectivity index (χ2v) is 8.58. The summed E-state index contributed by atoms with van der Waals surface area (Å²) < 4.78 is 6.51. The van der Waals surface area contributed by atoms with E-state index in [1.165, 1.54) is 15.8 Å². The zero-order valence-electron chi connectivity index (χ0n) is 16.1. The van der Waals surface area contributed by atoms with Crippen LogP contribution in [0.25, 0.3) is 10.2 Å². The number of esters is 1. The molecule has 2 aromatic rings. The van der Waals surface area contributed by atoms with Crippen molar-refractivity contribution in [1.29, 1.82) is 0 Å². The second-order valence-electron chi connectivity index (χ2n) is 7.50. The molecule has 0 spiro atoms. The Labute approximate surface area is 167 Å². The van der Waals surface area contributed by atoms with Crippen LogP contribution in [0.2, 0.25) is 0 Å². The highest BCUT2D eigenvalue weighted by Crippen LogP contribution is 2.33. The van der Waals surface area contributed by atoms with Crippen molar-refractivity contribution in [3.63, 3.8) is 0 Å². The van der Waals surface area contributed by atoms with E-state index in [1.54, 1.807) is 23.2 Å². The number of hydrogen-bond donors (Lipinski definition) is 0. The predicted molar refractivity (Wildman–Crippen MR) is 106 cm³/mol. The number of carbonyl (C=O) groups is 2. The van der Waals surface area contributed by atoms with Crippen molar-refractivity contribution < 1.29 is 14.3 Å². The van der Waals surface area contributed by atoms with Crippen LogP contribution in [-0.2, 0) is 33.7 Å². The first-order chi connectivity index (χ1) is 13.6. The maximum Gasteiger partial charge on any atom is 0.310 e. The van der Waals surface area contributed by atoms with Crippen LogP contribution >= 0.6 is 11.3 Å². The van der Waals surface area contributed by atoms with Crippen molar-refractivity contribution in [2.75, 3.05) is 19.7 Å². The van der Waals surface area contributed by atoms with Gasteiger partial charge in [0.15, 0.2) is 0 Å². The lowest BCUT2D eigenvalue weighted by molar-refractivity contribution is -0.151. The number of ether oxygens (including phenoxy) is 1. The molecule has 4 rings (SSSR count). The highest BCUT2D eigenvalue weighted by Gasteiger charge is 2.29. The van der Waals surface area contributed by atoms with Crippen LogP contribution in [0.4, 0.5) is 0 Å². The third-order valence-corrected chi connectivity index (χ3v) is 6.84. The number of amides is 1. The van der Waals surface area contributed by atoms with Crippen LogP contribution in [0.15, 0.2) is 11.1 Å². The SMILES string of the molecule is CCOC(=O)[C@H]1CCCN(C(=O)Cn2cnc3sc4c(c3c2=O)CCCC4)C1. The summed E-state index contributed by atoms with van der Waals surface area (Å²) in [6.45, 7) is 3.04. The third-order valence-electron chi connectivity index (χ3n) is 5.64. The maximum atomic E-state index is 13.0. The Morgan fingerprint density at radius 2 is 2.11 bits per heavy atom. The molecule has 150 valence electrons. The maximum absolute atomic E-state index is 13.0. The molecule has 2 aliphatic rings. The topological polar surface area (TPSA) is 81.5 Å². The Balaban J connectivity index is 1.53. The lowest BCUT2D eigenvalue weighted by Gasteiger charge is -2.31. The second kappa shape index (κ2) is 8.03. The van der Waals surface area contributed by atoms with Crippen molar-refractivity contribution in [3.8, 4) is 0 Å². The third kappa shape index (κ3) is 3.57. The molecule has 3 heterocycles. The molecule has 0 bridgehead atoms. The number of carbonyl (C=O) groups excluding carboxylic acids is 2. The summed E-state index contributed by atoms with van der Waals surface area (Å²) in [5, 5.41) is 0.693. The molecule has 0 unspecified atom stereocenters. The van der Waals surface area contributed by atoms with Crippen molar-refractivity contribution in [2.45, 2.75) is 52.0 Å². The smallest absolute Gasteiger partial charge is 0.310 e. The predicted octanol–water partition coefficient (Wildman–Crippen LogP) is 2.14. The molecule has 1 aliphatic heterocycles. The average molecular weight is 404 g/mol. The number of rotatable bonds is 4. The van der Waals surface area contributed by atoms with E-state index in [2.05, 4.69) is 4.98 Å². The fourth-order valence-corrected chi connectivity index (χ4v) is 5.42. The van der Waals surface area contributed by atoms with Crippen LogP contribution in [-0.4, -0.2) is 46.0 Å². The summed E-state index contributed by atoms with van der Waals surface area (Å²) in [4.78, 5) is 46.0. The zero-order chi connectivity index (χ0) is 19.7. The first-order valence-electron chi connectivity index (χ1n) is 10.0. The number of nitrogens with zero attached hydrogens (tertiary/aromatic N) is 3. The number of thiophene rings is 1. The van der Waals surface area contributed by atoms with Gasteiger partial charge in [0.1, 0.15) is 11.4 Å². The van der Waals surface area contributed by atoms with E-state index in [-0.39, 0.29) is 29.9 Å². The Kier molecular flexibility index (Phi) is 5.48. The number of fused-ring (bicyclic) bond motifs is 3. The molecule has 1 saturated heterocycles. The number of likely N-dealkylation sites (tertiary alicyclic amines) is 1. The molecule has 8 heteroatoms. The van der Waals surface area contributed by atoms with Gasteiger partial charge in [-0.05, 0) is 51.0 Å². The first-order valence-corrected chi connectivity index (χ1v) is 10.8. The standard InChI is InChI=1S/C20H25N3O4S/c1-2-27-20(26)13-6-5-9-22(10-13)16(24)11-23-12-21-18-17(19(23)25)14-7-3-4-8-15(14)28-18/h12-13H,2-11H2,1H3/t13-/m0/s1. The summed E-state index contributed by atoms with van der Waals surface area (Å²) >= 11 is 1.61. The first kappa shape index (κ1) is 19.1. The summed E-state index contributed by atoms with van der Waals surface area (Å²) in [5.74, 6) is -0.676. The highest BCUT2D eigenvalue weighted by molar-refractivity contribution is 7.18. The van der Waals surface area contributed by atoms with Gasteiger partial charge in [-0.3, -0.25) is 19.0 Å². The molecule has 0 N–H and O–H groups in total. The number of aryl methyl sites for hydroxylation is 2. The van der Waals surface area contributed by atoms with Crippen molar-refractivity contribution in [1.82, 2.24) is 14.5 Å². The van der Waals surface area contributed by atoms with Gasteiger partial charge in [0.25, 0.3) is 5.56 Å². The minimum absolute atomic E-state index is 0.0397. The van der Waals surface area contributed by atoms with Crippen LogP contribution in [0, 0.1) is 5.92 Å². The fraction of sp³-hybridized carbons (Fsp3) is 0.600. The molecule has 0 saturated carbocycles. The molecule has 1 amide bonds. The van der Waals surface area contributed by atoms with Crippen LogP contribution < -0.4 is 5.56 Å². The van der Waals surface area contributed by atoms with Gasteiger partial charge >= 0.3 is 5.97 Å². The normalized spacial score (nSPS) is 19.5. The Morgan fingerprint density at radius 3 is 2.93 bits per heavy atom. The van der Waals surface area contributed by atoms with E-state index in [0.29, 0.717) is 25.1 Å². The number of aromatic nitrogens is 2. The molecule has 1 fully saturated rings. The number of piperidine rings is 1. The Morgan fingerprint density at radius 1 is 1.29 bits per heavy atom. The van der Waals surface area contributed by atoms with Gasteiger partial charge in [-0.1, -0.05) is 0 Å². The van der Waals surface area contributed by atoms with Gasteiger partial charge in [-0.25, -0.2) is 4.98 Å². The van der Waals surface area contributed by atoms with E-state index in [1.807, 2.05) is 0 Å². The minimum atomic E-state index is -0.279. The van der Waals surface area contributed by atoms with Gasteiger partial charge in [0.05, 0.1) is 24.2 Å². The summed E-state index contributed by atoms with van der Waals surface area (Å²) in [6, 6.07) is 0. The Bertz CT molecular complexity index is 964. The van der Waals surface area contributed by atoms with Crippen molar-refractivity contribution in [3.05, 3.63) is 27.1 Å². The summed E-state index contributed by atoms with van der Waals surface area (Å²) in [5.41, 5.74) is 1.00. The van der Waals surface area contributed by atoms with E-state index in [0.717, 1.165) is 48.9 Å². The molecule has 2 aromatic heterocycles. The fourth-order valence-electron chi connectivity index (χ4n) is 4.20. The van der Waals surface area contributed by atoms with Crippen molar-refractivity contribution in [2.24, 2.45) is 5.92 Å². The van der Waals surface area contributed by atoms with Gasteiger partial charge in [0, 0.05) is 18.0 Å². The van der Waals surface area contributed by atoms with Crippen LogP contribution in [0.1, 0.15) is 43.0 Å². The van der Waals surface area contributed by atoms with Gasteiger partial charge in [-0.15, -0.1) is 11.3 Å². The highest BCUT2D eigenvalue weighted by atomic mass is 32.1. The average Bonchev–Trinajstić information content (AvgIpc) is 3.09. The monoisotopic (exact) mass is 403 g/mol. The molecule has 0 radical (unpaired) electrons. The van der Waals surface area contributed by atoms with Crippen molar-refractivity contribution >= 4 is 33.4 Å². The molecule has 1 atom stereocenters. The molecule has 1 aliphatic carbocycles. The lowest BCUT2D eigenvalue weighted by atomic mass is 9.97. The van der Waals surface area contributed by atoms with Gasteiger partial charge in [0.2, 0.25) is 5.91 Å². The van der Waals surface area contributed by atoms with E-state index in [9.17, 15) is 14.4 Å². The molecular formula is C20H25N3O4S. The van der Waals surface area contributed by atoms with Crippen LogP contribution in [0.3, 0.4) is 0 Å². The van der Waals surface area contributed by atoms with E-state index >= 15 is 0 Å². The Hall–Kier alpha value is -2.22.